The van der Waals surface area contributed by atoms with E-state index in [1.54, 1.807) is 6.07 Å². The summed E-state index contributed by atoms with van der Waals surface area (Å²) in [5.74, 6) is -0.0701. The Bertz CT molecular complexity index is 407. The lowest BCUT2D eigenvalue weighted by Crippen LogP contribution is -2.17. The topological polar surface area (TPSA) is 52.0 Å². The Labute approximate surface area is 88.3 Å². The van der Waals surface area contributed by atoms with Crippen molar-refractivity contribution in [3.63, 3.8) is 0 Å². The van der Waals surface area contributed by atoms with Gasteiger partial charge in [0.05, 0.1) is 0 Å². The van der Waals surface area contributed by atoms with Crippen LogP contribution >= 0.6 is 0 Å². The maximum absolute atomic E-state index is 11.7. The number of fused-ring (bicyclic) bond motifs is 1. The minimum atomic E-state index is -0.0814. The van der Waals surface area contributed by atoms with Crippen molar-refractivity contribution >= 4 is 11.7 Å². The fourth-order valence-electron chi connectivity index (χ4n) is 1.85. The standard InChI is InChI=1S/C11H14N2O2/c1-8(14)10-7-9-5-3-2-4-6-11(15)13(9)12-10/h7H,2-6H2,1H3. The van der Waals surface area contributed by atoms with Gasteiger partial charge in [0.15, 0.2) is 5.78 Å². The average Bonchev–Trinajstić information content (AvgIpc) is 2.58. The number of carbonyl (C=O) groups excluding carboxylic acids is 2. The minimum absolute atomic E-state index is 0.0113. The number of rotatable bonds is 1. The van der Waals surface area contributed by atoms with Crippen molar-refractivity contribution in [2.45, 2.75) is 39.0 Å². The van der Waals surface area contributed by atoms with E-state index < -0.39 is 0 Å². The van der Waals surface area contributed by atoms with Crippen LogP contribution in [-0.2, 0) is 6.42 Å². The van der Waals surface area contributed by atoms with Crippen LogP contribution in [0.3, 0.4) is 0 Å². The zero-order chi connectivity index (χ0) is 10.8. The molecule has 0 unspecified atom stereocenters. The molecular weight excluding hydrogens is 192 g/mol. The summed E-state index contributed by atoms with van der Waals surface area (Å²) < 4.78 is 1.41. The van der Waals surface area contributed by atoms with Crippen molar-refractivity contribution in [3.8, 4) is 0 Å². The van der Waals surface area contributed by atoms with Crippen molar-refractivity contribution in [1.29, 1.82) is 0 Å². The number of ketones is 1. The maximum atomic E-state index is 11.7. The van der Waals surface area contributed by atoms with Crippen molar-refractivity contribution in [3.05, 3.63) is 17.5 Å². The quantitative estimate of drug-likeness (QED) is 0.659. The van der Waals surface area contributed by atoms with Gasteiger partial charge in [-0.3, -0.25) is 9.59 Å². The molecule has 0 aliphatic carbocycles. The van der Waals surface area contributed by atoms with Crippen molar-refractivity contribution < 1.29 is 9.59 Å². The summed E-state index contributed by atoms with van der Waals surface area (Å²) >= 11 is 0. The van der Waals surface area contributed by atoms with Gasteiger partial charge in [-0.25, -0.2) is 4.68 Å². The third kappa shape index (κ3) is 1.98. The Balaban J connectivity index is 2.39. The molecule has 2 rings (SSSR count). The predicted molar refractivity (Wildman–Crippen MR) is 55.0 cm³/mol. The van der Waals surface area contributed by atoms with Gasteiger partial charge in [0.25, 0.3) is 0 Å². The number of nitrogens with zero attached hydrogens (tertiary/aromatic N) is 2. The predicted octanol–water partition coefficient (Wildman–Crippen LogP) is 1.84. The number of carbonyl (C=O) groups is 2. The Morgan fingerprint density at radius 3 is 2.80 bits per heavy atom. The molecule has 0 saturated heterocycles. The molecule has 4 heteroatoms. The molecule has 0 saturated carbocycles. The second kappa shape index (κ2) is 3.96. The molecule has 0 N–H and O–H groups in total. The number of Topliss-reactive ketones (excluding diaryl/α,β-unsaturated/α-hetero) is 1. The molecular formula is C11H14N2O2. The summed E-state index contributed by atoms with van der Waals surface area (Å²) in [7, 11) is 0. The third-order valence-corrected chi connectivity index (χ3v) is 2.70. The monoisotopic (exact) mass is 206 g/mol. The Hall–Kier alpha value is -1.45. The average molecular weight is 206 g/mol. The van der Waals surface area contributed by atoms with Crippen LogP contribution in [0, 0.1) is 0 Å². The first-order chi connectivity index (χ1) is 7.18. The number of aromatic nitrogens is 2. The summed E-state index contributed by atoms with van der Waals surface area (Å²) in [6.45, 7) is 1.47. The van der Waals surface area contributed by atoms with E-state index in [1.807, 2.05) is 0 Å². The van der Waals surface area contributed by atoms with Gasteiger partial charge in [-0.15, -0.1) is 0 Å². The van der Waals surface area contributed by atoms with E-state index in [0.29, 0.717) is 12.1 Å². The molecule has 0 aromatic carbocycles. The zero-order valence-electron chi connectivity index (χ0n) is 8.82. The largest absolute Gasteiger partial charge is 0.293 e. The van der Waals surface area contributed by atoms with Crippen LogP contribution in [0.5, 0.6) is 0 Å². The van der Waals surface area contributed by atoms with Crippen LogP contribution in [0.25, 0.3) is 0 Å². The number of hydrogen-bond acceptors (Lipinski definition) is 3. The Morgan fingerprint density at radius 1 is 1.33 bits per heavy atom. The Morgan fingerprint density at radius 2 is 2.07 bits per heavy atom. The first kappa shape index (κ1) is 10.1. The van der Waals surface area contributed by atoms with Gasteiger partial charge in [0.1, 0.15) is 5.69 Å². The lowest BCUT2D eigenvalue weighted by molar-refractivity contribution is 0.0874. The van der Waals surface area contributed by atoms with Gasteiger partial charge in [-0.05, 0) is 25.3 Å². The van der Waals surface area contributed by atoms with Gasteiger partial charge in [-0.1, -0.05) is 6.42 Å². The molecule has 1 aromatic rings. The van der Waals surface area contributed by atoms with Crippen molar-refractivity contribution in [2.75, 3.05) is 0 Å². The lowest BCUT2D eigenvalue weighted by atomic mass is 10.1. The van der Waals surface area contributed by atoms with Crippen LogP contribution in [0.2, 0.25) is 0 Å². The molecule has 0 bridgehead atoms. The van der Waals surface area contributed by atoms with Crippen molar-refractivity contribution in [2.24, 2.45) is 0 Å². The van der Waals surface area contributed by atoms with Gasteiger partial charge >= 0.3 is 0 Å². The van der Waals surface area contributed by atoms with E-state index in [4.69, 9.17) is 0 Å². The molecule has 2 heterocycles. The molecule has 1 aliphatic heterocycles. The molecule has 0 fully saturated rings. The SMILES string of the molecule is CC(=O)c1cc2n(n1)C(=O)CCCCC2. The smallest absolute Gasteiger partial charge is 0.247 e. The fourth-order valence-corrected chi connectivity index (χ4v) is 1.85. The van der Waals surface area contributed by atoms with Gasteiger partial charge in [-0.2, -0.15) is 5.10 Å². The van der Waals surface area contributed by atoms with Crippen LogP contribution in [-0.4, -0.2) is 21.5 Å². The molecule has 15 heavy (non-hydrogen) atoms. The first-order valence-corrected chi connectivity index (χ1v) is 5.31. The van der Waals surface area contributed by atoms with E-state index in [9.17, 15) is 9.59 Å². The number of aryl methyl sites for hydroxylation is 1. The Kier molecular flexibility index (Phi) is 2.66. The second-order valence-electron chi connectivity index (χ2n) is 3.94. The molecule has 0 atom stereocenters. The van der Waals surface area contributed by atoms with E-state index in [-0.39, 0.29) is 11.7 Å². The normalized spacial score (nSPS) is 16.7. The molecule has 0 spiro atoms. The van der Waals surface area contributed by atoms with Crippen molar-refractivity contribution in [1.82, 2.24) is 9.78 Å². The van der Waals surface area contributed by atoms with E-state index >= 15 is 0 Å². The molecule has 0 amide bonds. The van der Waals surface area contributed by atoms with Crippen LogP contribution in [0.4, 0.5) is 0 Å². The maximum Gasteiger partial charge on any atom is 0.247 e. The van der Waals surface area contributed by atoms with E-state index in [1.165, 1.54) is 11.6 Å². The third-order valence-electron chi connectivity index (χ3n) is 2.70. The minimum Gasteiger partial charge on any atom is -0.293 e. The van der Waals surface area contributed by atoms with Gasteiger partial charge in [0.2, 0.25) is 5.91 Å². The zero-order valence-corrected chi connectivity index (χ0v) is 8.82. The highest BCUT2D eigenvalue weighted by Gasteiger charge is 2.17. The van der Waals surface area contributed by atoms with Crippen LogP contribution in [0.15, 0.2) is 6.07 Å². The van der Waals surface area contributed by atoms with E-state index in [2.05, 4.69) is 5.10 Å². The van der Waals surface area contributed by atoms with Crippen LogP contribution < -0.4 is 0 Å². The fraction of sp³-hybridized carbons (Fsp3) is 0.545. The summed E-state index contributed by atoms with van der Waals surface area (Å²) in [4.78, 5) is 22.8. The van der Waals surface area contributed by atoms with Gasteiger partial charge in [0, 0.05) is 19.0 Å². The molecule has 1 aliphatic rings. The molecule has 80 valence electrons. The summed E-state index contributed by atoms with van der Waals surface area (Å²) in [5.41, 5.74) is 1.28. The highest BCUT2D eigenvalue weighted by atomic mass is 16.2. The summed E-state index contributed by atoms with van der Waals surface area (Å²) in [5, 5.41) is 4.05. The summed E-state index contributed by atoms with van der Waals surface area (Å²) in [6, 6.07) is 1.74. The second-order valence-corrected chi connectivity index (χ2v) is 3.94. The lowest BCUT2D eigenvalue weighted by Gasteiger charge is -2.09. The molecule has 4 nitrogen and oxygen atoms in total. The van der Waals surface area contributed by atoms with Crippen LogP contribution in [0.1, 0.15) is 53.6 Å². The van der Waals surface area contributed by atoms with E-state index in [0.717, 1.165) is 31.4 Å². The molecule has 1 aromatic heterocycles. The highest BCUT2D eigenvalue weighted by molar-refractivity contribution is 5.93. The first-order valence-electron chi connectivity index (χ1n) is 5.31. The molecule has 0 radical (unpaired) electrons. The number of hydrogen-bond donors (Lipinski definition) is 0. The van der Waals surface area contributed by atoms with Gasteiger partial charge < -0.3 is 0 Å². The highest BCUT2D eigenvalue weighted by Crippen LogP contribution is 2.15. The summed E-state index contributed by atoms with van der Waals surface area (Å²) in [6.07, 6.45) is 4.44.